The SMILES string of the molecule is O=C(CC(F)(F)F)NCc1ccc(NC[C@](O)(c2cc(C(F)(F)F)cc(C(F)(F)F)c2)C(F)(F)F)cc1C(F)(F)F. The van der Waals surface area contributed by atoms with Crippen LogP contribution in [0, 0.1) is 0 Å². The summed E-state index contributed by atoms with van der Waals surface area (Å²) in [6.45, 7) is -3.09. The Hall–Kier alpha value is -3.38. The minimum atomic E-state index is -5.97. The van der Waals surface area contributed by atoms with Crippen molar-refractivity contribution in [2.75, 3.05) is 11.9 Å². The summed E-state index contributed by atoms with van der Waals surface area (Å²) in [5.74, 6) is -1.71. The van der Waals surface area contributed by atoms with Crippen LogP contribution < -0.4 is 10.6 Å². The highest BCUT2D eigenvalue weighted by molar-refractivity contribution is 5.76. The predicted octanol–water partition coefficient (Wildman–Crippen LogP) is 7.17. The Labute approximate surface area is 219 Å². The summed E-state index contributed by atoms with van der Waals surface area (Å²) in [5, 5.41) is 13.5. The third kappa shape index (κ3) is 8.80. The van der Waals surface area contributed by atoms with Crippen molar-refractivity contribution in [2.24, 2.45) is 0 Å². The predicted molar refractivity (Wildman–Crippen MR) is 109 cm³/mol. The Morgan fingerprint density at radius 1 is 0.683 bits per heavy atom. The lowest BCUT2D eigenvalue weighted by Crippen LogP contribution is -2.48. The van der Waals surface area contributed by atoms with E-state index in [0.717, 1.165) is 0 Å². The number of hydrogen-bond donors (Lipinski definition) is 3. The fraction of sp³-hybridized carbons (Fsp3) is 0.409. The highest BCUT2D eigenvalue weighted by atomic mass is 19.4. The molecule has 3 N–H and O–H groups in total. The quantitative estimate of drug-likeness (QED) is 0.287. The number of nitrogens with one attached hydrogen (secondary N) is 2. The van der Waals surface area contributed by atoms with Crippen molar-refractivity contribution >= 4 is 11.6 Å². The number of carbonyl (C=O) groups excluding carboxylic acids is 1. The molecule has 0 radical (unpaired) electrons. The van der Waals surface area contributed by atoms with E-state index >= 15 is 0 Å². The molecule has 0 bridgehead atoms. The van der Waals surface area contributed by atoms with Crippen molar-refractivity contribution in [2.45, 2.75) is 49.4 Å². The van der Waals surface area contributed by atoms with E-state index in [9.17, 15) is 75.8 Å². The zero-order chi connectivity index (χ0) is 31.8. The van der Waals surface area contributed by atoms with Crippen molar-refractivity contribution in [3.8, 4) is 0 Å². The lowest BCUT2D eigenvalue weighted by molar-refractivity contribution is -0.261. The summed E-state index contributed by atoms with van der Waals surface area (Å²) in [6, 6.07) is -0.0658. The standard InChI is InChI=1S/C22H15F15N2O2/c23-18(24,25)7-16(40)38-8-10-1-2-14(6-15(10)21(32,33)34)39-9-17(41,22(35,36)37)11-3-12(19(26,27)28)5-13(4-11)20(29,30)31/h1-6,39,41H,7-9H2,(H,38,40)/t17-/m0/s1. The lowest BCUT2D eigenvalue weighted by atomic mass is 9.89. The molecule has 0 fully saturated rings. The molecular formula is C22H15F15N2O2. The molecule has 0 aromatic heterocycles. The summed E-state index contributed by atoms with van der Waals surface area (Å²) in [7, 11) is 0. The van der Waals surface area contributed by atoms with Gasteiger partial charge in [-0.3, -0.25) is 4.79 Å². The smallest absolute Gasteiger partial charge is 0.381 e. The molecule has 0 spiro atoms. The number of hydrogen-bond acceptors (Lipinski definition) is 3. The van der Waals surface area contributed by atoms with Gasteiger partial charge >= 0.3 is 30.9 Å². The first kappa shape index (κ1) is 33.8. The lowest BCUT2D eigenvalue weighted by Gasteiger charge is -2.32. The van der Waals surface area contributed by atoms with Gasteiger partial charge in [0.05, 0.1) is 23.2 Å². The van der Waals surface area contributed by atoms with Gasteiger partial charge in [-0.05, 0) is 41.5 Å². The average Bonchev–Trinajstić information content (AvgIpc) is 2.77. The number of amides is 1. The largest absolute Gasteiger partial charge is 0.423 e. The van der Waals surface area contributed by atoms with Gasteiger partial charge in [0.2, 0.25) is 11.5 Å². The Kier molecular flexibility index (Phi) is 9.18. The van der Waals surface area contributed by atoms with E-state index in [-0.39, 0.29) is 6.07 Å². The zero-order valence-electron chi connectivity index (χ0n) is 19.6. The molecular weight excluding hydrogens is 609 g/mol. The van der Waals surface area contributed by atoms with E-state index in [2.05, 4.69) is 0 Å². The third-order valence-corrected chi connectivity index (χ3v) is 5.33. The molecule has 1 atom stereocenters. The normalized spacial score (nSPS) is 14.9. The van der Waals surface area contributed by atoms with Crippen LogP contribution in [0.1, 0.15) is 34.2 Å². The van der Waals surface area contributed by atoms with Crippen molar-refractivity contribution < 1.29 is 75.8 Å². The first-order valence-corrected chi connectivity index (χ1v) is 10.6. The monoisotopic (exact) mass is 624 g/mol. The van der Waals surface area contributed by atoms with Gasteiger partial charge in [0.25, 0.3) is 0 Å². The molecule has 0 unspecified atom stereocenters. The Morgan fingerprint density at radius 2 is 1.17 bits per heavy atom. The van der Waals surface area contributed by atoms with Crippen LogP contribution in [0.2, 0.25) is 0 Å². The van der Waals surface area contributed by atoms with Crippen LogP contribution in [0.3, 0.4) is 0 Å². The molecule has 1 amide bonds. The fourth-order valence-electron chi connectivity index (χ4n) is 3.33. The third-order valence-electron chi connectivity index (χ3n) is 5.33. The number of halogens is 15. The summed E-state index contributed by atoms with van der Waals surface area (Å²) in [5.41, 5.74) is -14.3. The Balaban J connectivity index is 2.48. The summed E-state index contributed by atoms with van der Waals surface area (Å²) in [4.78, 5) is 11.3. The molecule has 4 nitrogen and oxygen atoms in total. The molecule has 19 heteroatoms. The van der Waals surface area contributed by atoms with Gasteiger partial charge in [-0.25, -0.2) is 0 Å². The Bertz CT molecular complexity index is 1210. The van der Waals surface area contributed by atoms with Gasteiger partial charge in [-0.15, -0.1) is 0 Å². The zero-order valence-corrected chi connectivity index (χ0v) is 19.6. The van der Waals surface area contributed by atoms with E-state index in [1.807, 2.05) is 0 Å². The van der Waals surface area contributed by atoms with Crippen LogP contribution in [0.5, 0.6) is 0 Å². The maximum absolute atomic E-state index is 13.8. The van der Waals surface area contributed by atoms with Crippen molar-refractivity contribution in [3.05, 3.63) is 64.2 Å². The molecule has 41 heavy (non-hydrogen) atoms. The van der Waals surface area contributed by atoms with Crippen molar-refractivity contribution in [3.63, 3.8) is 0 Å². The molecule has 0 aliphatic carbocycles. The van der Waals surface area contributed by atoms with Gasteiger partial charge in [0.15, 0.2) is 0 Å². The highest BCUT2D eigenvalue weighted by Crippen LogP contribution is 2.44. The van der Waals surface area contributed by atoms with Crippen molar-refractivity contribution in [1.29, 1.82) is 0 Å². The summed E-state index contributed by atoms with van der Waals surface area (Å²) >= 11 is 0. The molecule has 0 saturated heterocycles. The summed E-state index contributed by atoms with van der Waals surface area (Å²) < 4.78 is 197. The first-order valence-electron chi connectivity index (χ1n) is 10.6. The van der Waals surface area contributed by atoms with Crippen LogP contribution in [0.15, 0.2) is 36.4 Å². The van der Waals surface area contributed by atoms with Gasteiger partial charge in [-0.2, -0.15) is 65.9 Å². The maximum Gasteiger partial charge on any atom is 0.423 e. The molecule has 0 aliphatic heterocycles. The second-order valence-electron chi connectivity index (χ2n) is 8.44. The minimum absolute atomic E-state index is 0.106. The Morgan fingerprint density at radius 3 is 1.59 bits per heavy atom. The molecule has 230 valence electrons. The highest BCUT2D eigenvalue weighted by Gasteiger charge is 2.56. The van der Waals surface area contributed by atoms with Gasteiger partial charge in [-0.1, -0.05) is 6.07 Å². The second-order valence-corrected chi connectivity index (χ2v) is 8.44. The van der Waals surface area contributed by atoms with Gasteiger partial charge < -0.3 is 15.7 Å². The molecule has 2 aromatic rings. The number of alkyl halides is 15. The number of carbonyl (C=O) groups is 1. The van der Waals surface area contributed by atoms with E-state index in [0.29, 0.717) is 12.1 Å². The van der Waals surface area contributed by atoms with E-state index < -0.39 is 114 Å². The van der Waals surface area contributed by atoms with Crippen LogP contribution >= 0.6 is 0 Å². The van der Waals surface area contributed by atoms with Gasteiger partial charge in [0, 0.05) is 12.2 Å². The fourth-order valence-corrected chi connectivity index (χ4v) is 3.33. The van der Waals surface area contributed by atoms with Crippen LogP contribution in [0.25, 0.3) is 0 Å². The van der Waals surface area contributed by atoms with E-state index in [1.54, 1.807) is 10.6 Å². The van der Waals surface area contributed by atoms with Crippen LogP contribution in [-0.4, -0.2) is 29.9 Å². The number of benzene rings is 2. The summed E-state index contributed by atoms with van der Waals surface area (Å²) in [6.07, 6.45) is -29.5. The van der Waals surface area contributed by atoms with Crippen molar-refractivity contribution in [1.82, 2.24) is 5.32 Å². The van der Waals surface area contributed by atoms with E-state index in [4.69, 9.17) is 0 Å². The first-order chi connectivity index (χ1) is 18.2. The topological polar surface area (TPSA) is 61.4 Å². The molecule has 2 rings (SSSR count). The number of rotatable bonds is 7. The van der Waals surface area contributed by atoms with Crippen LogP contribution in [-0.2, 0) is 35.5 Å². The number of anilines is 1. The second kappa shape index (κ2) is 11.1. The van der Waals surface area contributed by atoms with Crippen LogP contribution in [0.4, 0.5) is 71.5 Å². The molecule has 2 aromatic carbocycles. The van der Waals surface area contributed by atoms with E-state index in [1.165, 1.54) is 0 Å². The number of aliphatic hydroxyl groups is 1. The molecule has 0 saturated carbocycles. The molecule has 0 aliphatic rings. The maximum atomic E-state index is 13.8. The molecule has 0 heterocycles. The minimum Gasteiger partial charge on any atom is -0.381 e. The average molecular weight is 624 g/mol. The van der Waals surface area contributed by atoms with Gasteiger partial charge in [0.1, 0.15) is 6.42 Å².